The Balaban J connectivity index is 1.71. The van der Waals surface area contributed by atoms with Gasteiger partial charge in [0.2, 0.25) is 5.95 Å². The number of carbonyl (C=O) groups is 1. The molecule has 0 fully saturated rings. The molecule has 0 aliphatic carbocycles. The number of aryl methyl sites for hydroxylation is 1. The summed E-state index contributed by atoms with van der Waals surface area (Å²) in [6.45, 7) is 0.604. The van der Waals surface area contributed by atoms with E-state index in [2.05, 4.69) is 43.1 Å². The molecule has 2 heterocycles. The highest BCUT2D eigenvalue weighted by molar-refractivity contribution is 14.1. The van der Waals surface area contributed by atoms with Crippen LogP contribution in [0, 0.1) is 3.57 Å². The van der Waals surface area contributed by atoms with Crippen molar-refractivity contribution in [3.05, 3.63) is 57.7 Å². The van der Waals surface area contributed by atoms with Crippen molar-refractivity contribution in [1.82, 2.24) is 24.5 Å². The van der Waals surface area contributed by atoms with Crippen molar-refractivity contribution < 1.29 is 4.79 Å². The van der Waals surface area contributed by atoms with E-state index >= 15 is 0 Å². The molecule has 0 atom stereocenters. The molecule has 0 radical (unpaired) electrons. The van der Waals surface area contributed by atoms with E-state index in [0.29, 0.717) is 12.2 Å². The van der Waals surface area contributed by atoms with Gasteiger partial charge in [0.15, 0.2) is 0 Å². The lowest BCUT2D eigenvalue weighted by Crippen LogP contribution is -2.18. The number of carbonyl (C=O) groups excluding carboxylic acids is 1. The van der Waals surface area contributed by atoms with E-state index < -0.39 is 0 Å². The van der Waals surface area contributed by atoms with Gasteiger partial charge < -0.3 is 0 Å². The van der Waals surface area contributed by atoms with Crippen molar-refractivity contribution in [2.75, 3.05) is 5.32 Å². The molecule has 1 aromatic carbocycles. The van der Waals surface area contributed by atoms with Crippen LogP contribution < -0.4 is 5.32 Å². The summed E-state index contributed by atoms with van der Waals surface area (Å²) in [5, 5.41) is 11.0. The Morgan fingerprint density at radius 2 is 2.09 bits per heavy atom. The zero-order valence-corrected chi connectivity index (χ0v) is 13.9. The van der Waals surface area contributed by atoms with E-state index in [1.807, 2.05) is 30.3 Å². The summed E-state index contributed by atoms with van der Waals surface area (Å²) in [4.78, 5) is 16.3. The van der Waals surface area contributed by atoms with Crippen LogP contribution in [0.15, 0.2) is 42.9 Å². The second-order valence-electron chi connectivity index (χ2n) is 4.67. The fourth-order valence-electron chi connectivity index (χ4n) is 2.03. The van der Waals surface area contributed by atoms with Gasteiger partial charge in [-0.3, -0.25) is 14.8 Å². The Hall–Kier alpha value is -2.23. The third kappa shape index (κ3) is 3.16. The summed E-state index contributed by atoms with van der Waals surface area (Å²) >= 11 is 2.07. The SMILES string of the molecule is Cn1ncc(I)c1C(=O)Nc1ncn(Cc2ccccc2)n1. The predicted molar refractivity (Wildman–Crippen MR) is 89.4 cm³/mol. The highest BCUT2D eigenvalue weighted by atomic mass is 127. The monoisotopic (exact) mass is 408 g/mol. The molecule has 3 aromatic rings. The number of nitrogens with zero attached hydrogens (tertiary/aromatic N) is 5. The first-order valence-corrected chi connectivity index (χ1v) is 7.63. The second-order valence-corrected chi connectivity index (χ2v) is 5.83. The van der Waals surface area contributed by atoms with E-state index in [0.717, 1.165) is 9.13 Å². The van der Waals surface area contributed by atoms with Crippen molar-refractivity contribution in [3.63, 3.8) is 0 Å². The van der Waals surface area contributed by atoms with E-state index in [-0.39, 0.29) is 11.9 Å². The Labute approximate surface area is 140 Å². The molecule has 0 bridgehead atoms. The molecule has 0 saturated heterocycles. The van der Waals surface area contributed by atoms with Crippen LogP contribution in [0.25, 0.3) is 0 Å². The van der Waals surface area contributed by atoms with Gasteiger partial charge in [-0.2, -0.15) is 5.10 Å². The number of anilines is 1. The maximum atomic E-state index is 12.2. The van der Waals surface area contributed by atoms with Gasteiger partial charge in [-0.15, -0.1) is 5.10 Å². The molecule has 0 aliphatic rings. The zero-order chi connectivity index (χ0) is 15.5. The topological polar surface area (TPSA) is 77.6 Å². The third-order valence-electron chi connectivity index (χ3n) is 3.06. The summed E-state index contributed by atoms with van der Waals surface area (Å²) in [7, 11) is 1.72. The molecule has 1 amide bonds. The Bertz CT molecular complexity index is 775. The van der Waals surface area contributed by atoms with Crippen molar-refractivity contribution in [3.8, 4) is 0 Å². The molecule has 3 rings (SSSR count). The molecule has 0 saturated carbocycles. The Morgan fingerprint density at radius 3 is 2.77 bits per heavy atom. The Morgan fingerprint density at radius 1 is 1.32 bits per heavy atom. The standard InChI is InChI=1S/C14H13IN6O/c1-20-12(11(15)7-17-20)13(22)18-14-16-9-21(19-14)8-10-5-3-2-4-6-10/h2-7,9H,8H2,1H3,(H,18,19,22). The highest BCUT2D eigenvalue weighted by Gasteiger charge is 2.16. The summed E-state index contributed by atoms with van der Waals surface area (Å²) in [5.74, 6) is -0.000192. The molecule has 0 spiro atoms. The first-order chi connectivity index (χ1) is 10.6. The highest BCUT2D eigenvalue weighted by Crippen LogP contribution is 2.12. The lowest BCUT2D eigenvalue weighted by atomic mass is 10.2. The van der Waals surface area contributed by atoms with Crippen LogP contribution >= 0.6 is 22.6 Å². The summed E-state index contributed by atoms with van der Waals surface area (Å²) in [6, 6.07) is 9.93. The largest absolute Gasteiger partial charge is 0.288 e. The maximum absolute atomic E-state index is 12.2. The molecule has 0 aliphatic heterocycles. The molecule has 112 valence electrons. The van der Waals surface area contributed by atoms with E-state index in [4.69, 9.17) is 0 Å². The lowest BCUT2D eigenvalue weighted by molar-refractivity contribution is 0.101. The summed E-state index contributed by atoms with van der Waals surface area (Å²) in [6.07, 6.45) is 3.23. The molecule has 22 heavy (non-hydrogen) atoms. The van der Waals surface area contributed by atoms with Crippen molar-refractivity contribution in [2.45, 2.75) is 6.54 Å². The lowest BCUT2D eigenvalue weighted by Gasteiger charge is -2.02. The van der Waals surface area contributed by atoms with Crippen LogP contribution in [0.2, 0.25) is 0 Å². The van der Waals surface area contributed by atoms with Gasteiger partial charge in [0.1, 0.15) is 12.0 Å². The van der Waals surface area contributed by atoms with Crippen molar-refractivity contribution in [2.24, 2.45) is 7.05 Å². The average Bonchev–Trinajstić information content (AvgIpc) is 3.07. The van der Waals surface area contributed by atoms with Crippen LogP contribution in [-0.4, -0.2) is 30.5 Å². The van der Waals surface area contributed by atoms with E-state index in [9.17, 15) is 4.79 Å². The minimum atomic E-state index is -0.276. The van der Waals surface area contributed by atoms with Gasteiger partial charge in [0, 0.05) is 7.05 Å². The number of halogens is 1. The van der Waals surface area contributed by atoms with Crippen LogP contribution in [0.1, 0.15) is 16.1 Å². The van der Waals surface area contributed by atoms with Gasteiger partial charge >= 0.3 is 0 Å². The number of benzene rings is 1. The number of amides is 1. The third-order valence-corrected chi connectivity index (χ3v) is 3.85. The van der Waals surface area contributed by atoms with E-state index in [1.54, 1.807) is 24.3 Å². The summed E-state index contributed by atoms with van der Waals surface area (Å²) in [5.41, 5.74) is 1.60. The smallest absolute Gasteiger partial charge is 0.277 e. The average molecular weight is 408 g/mol. The fourth-order valence-corrected chi connectivity index (χ4v) is 2.74. The minimum Gasteiger partial charge on any atom is -0.288 e. The maximum Gasteiger partial charge on any atom is 0.277 e. The zero-order valence-electron chi connectivity index (χ0n) is 11.8. The molecule has 7 nitrogen and oxygen atoms in total. The predicted octanol–water partition coefficient (Wildman–Crippen LogP) is 1.92. The van der Waals surface area contributed by atoms with E-state index in [1.165, 1.54) is 4.68 Å². The van der Waals surface area contributed by atoms with Crippen molar-refractivity contribution in [1.29, 1.82) is 0 Å². The van der Waals surface area contributed by atoms with Gasteiger partial charge in [-0.1, -0.05) is 30.3 Å². The number of rotatable bonds is 4. The normalized spacial score (nSPS) is 10.6. The number of aromatic nitrogens is 5. The van der Waals surface area contributed by atoms with Gasteiger partial charge in [-0.05, 0) is 28.2 Å². The number of hydrogen-bond donors (Lipinski definition) is 1. The molecule has 2 aromatic heterocycles. The van der Waals surface area contributed by atoms with Gasteiger partial charge in [0.25, 0.3) is 5.91 Å². The van der Waals surface area contributed by atoms with Gasteiger partial charge in [0.05, 0.1) is 16.3 Å². The first-order valence-electron chi connectivity index (χ1n) is 6.55. The van der Waals surface area contributed by atoms with Crippen molar-refractivity contribution >= 4 is 34.4 Å². The quantitative estimate of drug-likeness (QED) is 0.670. The second kappa shape index (κ2) is 6.26. The molecular formula is C14H13IN6O. The molecule has 8 heteroatoms. The van der Waals surface area contributed by atoms with Crippen LogP contribution in [0.4, 0.5) is 5.95 Å². The van der Waals surface area contributed by atoms with Crippen LogP contribution in [0.3, 0.4) is 0 Å². The number of nitrogens with one attached hydrogen (secondary N) is 1. The molecule has 1 N–H and O–H groups in total. The fraction of sp³-hybridized carbons (Fsp3) is 0.143. The van der Waals surface area contributed by atoms with Gasteiger partial charge in [-0.25, -0.2) is 9.67 Å². The van der Waals surface area contributed by atoms with Crippen LogP contribution in [-0.2, 0) is 13.6 Å². The van der Waals surface area contributed by atoms with Crippen LogP contribution in [0.5, 0.6) is 0 Å². The minimum absolute atomic E-state index is 0.276. The first kappa shape index (κ1) is 14.7. The number of hydrogen-bond acceptors (Lipinski definition) is 4. The molecule has 0 unspecified atom stereocenters. The Kier molecular flexibility index (Phi) is 4.18. The summed E-state index contributed by atoms with van der Waals surface area (Å²) < 4.78 is 3.98. The molecular weight excluding hydrogens is 395 g/mol.